The Hall–Kier alpha value is -7.48. The van der Waals surface area contributed by atoms with Crippen molar-refractivity contribution in [1.82, 2.24) is 0 Å². The molecule has 10 aromatic carbocycles. The Balaban J connectivity index is 0.953. The molecule has 0 bridgehead atoms. The molecule has 300 valence electrons. The summed E-state index contributed by atoms with van der Waals surface area (Å²) in [5.74, 6) is 1.61. The standard InChI is InChI=1S/C62H46O/c1-39-21-23-43-37-47(29-35-51(43)41(39)3)61(57-17-9-5-13-53(57)54-14-6-10-18-58(54)61)45-25-31-49(32-26-45)63-50-33-27-46(28-34-50)62(48-30-36-52-42(4)40(2)22-24-44(52)38-48)59-19-11-7-15-55(59)56-16-8-12-20-60(56)62/h5-38H,1-4H3. The Bertz CT molecular complexity index is 3140. The predicted octanol–water partition coefficient (Wildman–Crippen LogP) is 15.7. The summed E-state index contributed by atoms with van der Waals surface area (Å²) in [7, 11) is 0. The Morgan fingerprint density at radius 3 is 0.968 bits per heavy atom. The number of aryl methyl sites for hydroxylation is 4. The highest BCUT2D eigenvalue weighted by molar-refractivity contribution is 5.93. The minimum absolute atomic E-state index is 0.497. The first-order valence-electron chi connectivity index (χ1n) is 22.2. The van der Waals surface area contributed by atoms with Crippen molar-refractivity contribution in [2.24, 2.45) is 0 Å². The highest BCUT2D eigenvalue weighted by atomic mass is 16.5. The number of ether oxygens (including phenoxy) is 1. The van der Waals surface area contributed by atoms with Crippen molar-refractivity contribution in [3.8, 4) is 33.8 Å². The number of rotatable bonds is 6. The molecule has 0 atom stereocenters. The minimum Gasteiger partial charge on any atom is -0.457 e. The first kappa shape index (κ1) is 37.3. The minimum atomic E-state index is -0.497. The molecule has 0 aliphatic heterocycles. The summed E-state index contributed by atoms with van der Waals surface area (Å²) < 4.78 is 6.73. The third-order valence-corrected chi connectivity index (χ3v) is 14.7. The van der Waals surface area contributed by atoms with E-state index < -0.39 is 10.8 Å². The van der Waals surface area contributed by atoms with E-state index in [2.05, 4.69) is 234 Å². The fourth-order valence-corrected chi connectivity index (χ4v) is 11.4. The molecule has 0 amide bonds. The number of benzene rings is 10. The molecule has 63 heavy (non-hydrogen) atoms. The molecule has 0 heterocycles. The second-order valence-corrected chi connectivity index (χ2v) is 17.7. The Morgan fingerprint density at radius 2 is 0.619 bits per heavy atom. The van der Waals surface area contributed by atoms with Crippen LogP contribution in [0, 0.1) is 27.7 Å². The van der Waals surface area contributed by atoms with Gasteiger partial charge in [-0.15, -0.1) is 0 Å². The average molecular weight is 807 g/mol. The first-order chi connectivity index (χ1) is 30.9. The van der Waals surface area contributed by atoms with Gasteiger partial charge in [-0.25, -0.2) is 0 Å². The van der Waals surface area contributed by atoms with E-state index in [0.29, 0.717) is 0 Å². The quantitative estimate of drug-likeness (QED) is 0.163. The molecule has 0 saturated heterocycles. The maximum atomic E-state index is 6.73. The summed E-state index contributed by atoms with van der Waals surface area (Å²) in [5, 5.41) is 5.13. The molecule has 0 N–H and O–H groups in total. The van der Waals surface area contributed by atoms with Gasteiger partial charge in [-0.2, -0.15) is 0 Å². The number of hydrogen-bond donors (Lipinski definition) is 0. The third-order valence-electron chi connectivity index (χ3n) is 14.7. The van der Waals surface area contributed by atoms with Crippen molar-refractivity contribution < 1.29 is 4.74 Å². The van der Waals surface area contributed by atoms with Gasteiger partial charge in [0, 0.05) is 0 Å². The van der Waals surface area contributed by atoms with Crippen LogP contribution < -0.4 is 4.74 Å². The van der Waals surface area contributed by atoms with Crippen LogP contribution in [0.15, 0.2) is 206 Å². The molecule has 1 heteroatoms. The van der Waals surface area contributed by atoms with Crippen molar-refractivity contribution in [1.29, 1.82) is 0 Å². The molecule has 2 aliphatic rings. The molecule has 10 aromatic rings. The molecule has 0 spiro atoms. The van der Waals surface area contributed by atoms with Crippen molar-refractivity contribution >= 4 is 21.5 Å². The lowest BCUT2D eigenvalue weighted by Crippen LogP contribution is -2.28. The second-order valence-electron chi connectivity index (χ2n) is 17.7. The van der Waals surface area contributed by atoms with E-state index in [1.54, 1.807) is 0 Å². The Morgan fingerprint density at radius 1 is 0.302 bits per heavy atom. The summed E-state index contributed by atoms with van der Waals surface area (Å²) in [5.41, 5.74) is 19.6. The van der Waals surface area contributed by atoms with Gasteiger partial charge in [0.2, 0.25) is 0 Å². The van der Waals surface area contributed by atoms with E-state index in [-0.39, 0.29) is 0 Å². The zero-order chi connectivity index (χ0) is 42.5. The maximum Gasteiger partial charge on any atom is 0.127 e. The molecule has 0 unspecified atom stereocenters. The summed E-state index contributed by atoms with van der Waals surface area (Å²) in [6.45, 7) is 8.86. The van der Waals surface area contributed by atoms with Crippen LogP contribution in [0.1, 0.15) is 66.8 Å². The van der Waals surface area contributed by atoms with Gasteiger partial charge in [0.25, 0.3) is 0 Å². The van der Waals surface area contributed by atoms with Gasteiger partial charge >= 0.3 is 0 Å². The molecule has 1 nitrogen and oxygen atoms in total. The van der Waals surface area contributed by atoms with Crippen molar-refractivity contribution in [3.05, 3.63) is 273 Å². The van der Waals surface area contributed by atoms with Crippen molar-refractivity contribution in [3.63, 3.8) is 0 Å². The van der Waals surface area contributed by atoms with Gasteiger partial charge in [-0.3, -0.25) is 0 Å². The fraction of sp³-hybridized carbons (Fsp3) is 0.0968. The van der Waals surface area contributed by atoms with Crippen LogP contribution in [0.3, 0.4) is 0 Å². The SMILES string of the molecule is Cc1ccc2cc(C3(c4ccc(Oc5ccc(C6(c7ccc8c(C)c(C)ccc8c7)c7ccccc7-c7ccccc76)cc5)cc4)c4ccccc4-c4ccccc43)ccc2c1C. The summed E-state index contributed by atoms with van der Waals surface area (Å²) in [6, 6.07) is 76.7. The Labute approximate surface area is 369 Å². The van der Waals surface area contributed by atoms with Gasteiger partial charge in [-0.1, -0.05) is 170 Å². The normalized spacial score (nSPS) is 14.0. The van der Waals surface area contributed by atoms with E-state index in [1.807, 2.05) is 0 Å². The molecule has 0 radical (unpaired) electrons. The average Bonchev–Trinajstić information content (AvgIpc) is 3.81. The summed E-state index contributed by atoms with van der Waals surface area (Å²) >= 11 is 0. The van der Waals surface area contributed by atoms with Gasteiger partial charge in [0.1, 0.15) is 11.5 Å². The lowest BCUT2D eigenvalue weighted by molar-refractivity contribution is 0.481. The predicted molar refractivity (Wildman–Crippen MR) is 262 cm³/mol. The van der Waals surface area contributed by atoms with Crippen LogP contribution in [-0.2, 0) is 10.8 Å². The van der Waals surface area contributed by atoms with E-state index in [1.165, 1.54) is 111 Å². The van der Waals surface area contributed by atoms with Gasteiger partial charge in [-0.05, 0) is 175 Å². The first-order valence-corrected chi connectivity index (χ1v) is 22.2. The maximum absolute atomic E-state index is 6.73. The zero-order valence-electron chi connectivity index (χ0n) is 36.0. The van der Waals surface area contributed by atoms with Crippen LogP contribution in [0.4, 0.5) is 0 Å². The highest BCUT2D eigenvalue weighted by Crippen LogP contribution is 2.58. The summed E-state index contributed by atoms with van der Waals surface area (Å²) in [6.07, 6.45) is 0. The van der Waals surface area contributed by atoms with Gasteiger partial charge in [0.15, 0.2) is 0 Å². The van der Waals surface area contributed by atoms with E-state index in [0.717, 1.165) is 11.5 Å². The van der Waals surface area contributed by atoms with E-state index in [4.69, 9.17) is 4.74 Å². The van der Waals surface area contributed by atoms with Crippen LogP contribution in [0.2, 0.25) is 0 Å². The van der Waals surface area contributed by atoms with Crippen molar-refractivity contribution in [2.75, 3.05) is 0 Å². The highest BCUT2D eigenvalue weighted by Gasteiger charge is 2.47. The Kier molecular flexibility index (Phi) is 8.30. The molecule has 12 rings (SSSR count). The van der Waals surface area contributed by atoms with Gasteiger partial charge < -0.3 is 4.74 Å². The van der Waals surface area contributed by atoms with E-state index in [9.17, 15) is 0 Å². The van der Waals surface area contributed by atoms with Crippen molar-refractivity contribution in [2.45, 2.75) is 38.5 Å². The molecule has 0 fully saturated rings. The van der Waals surface area contributed by atoms with Gasteiger partial charge in [0.05, 0.1) is 10.8 Å². The second kappa shape index (κ2) is 14.0. The van der Waals surface area contributed by atoms with Crippen LogP contribution in [-0.4, -0.2) is 0 Å². The largest absolute Gasteiger partial charge is 0.457 e. The number of fused-ring (bicyclic) bond motifs is 8. The topological polar surface area (TPSA) is 9.23 Å². The molecule has 0 saturated carbocycles. The van der Waals surface area contributed by atoms with Crippen LogP contribution in [0.5, 0.6) is 11.5 Å². The lowest BCUT2D eigenvalue weighted by Gasteiger charge is -2.34. The van der Waals surface area contributed by atoms with Crippen LogP contribution in [0.25, 0.3) is 43.8 Å². The smallest absolute Gasteiger partial charge is 0.127 e. The fourth-order valence-electron chi connectivity index (χ4n) is 11.4. The lowest BCUT2D eigenvalue weighted by atomic mass is 9.67. The van der Waals surface area contributed by atoms with Crippen LogP contribution >= 0.6 is 0 Å². The number of hydrogen-bond acceptors (Lipinski definition) is 1. The van der Waals surface area contributed by atoms with E-state index >= 15 is 0 Å². The monoisotopic (exact) mass is 806 g/mol. The molecule has 2 aliphatic carbocycles. The molecular formula is C62H46O. The zero-order valence-corrected chi connectivity index (χ0v) is 36.0. The molecular weight excluding hydrogens is 761 g/mol. The third kappa shape index (κ3) is 5.30. The summed E-state index contributed by atoms with van der Waals surface area (Å²) in [4.78, 5) is 0. The molecule has 0 aromatic heterocycles.